The number of hydrogen-bond donors (Lipinski definition) is 4. The second-order valence-corrected chi connectivity index (χ2v) is 10.1. The zero-order chi connectivity index (χ0) is 28.5. The van der Waals surface area contributed by atoms with Crippen molar-refractivity contribution in [3.63, 3.8) is 0 Å². The topological polar surface area (TPSA) is 135 Å². The number of aryl methyl sites for hydroxylation is 1. The molecule has 0 saturated heterocycles. The minimum Gasteiger partial charge on any atom is -0.493 e. The summed E-state index contributed by atoms with van der Waals surface area (Å²) < 4.78 is 17.0. The molecule has 2 aromatic rings. The summed E-state index contributed by atoms with van der Waals surface area (Å²) in [4.78, 5) is 38.4. The number of aliphatic hydroxyl groups excluding tert-OH is 1. The zero-order valence-corrected chi connectivity index (χ0v) is 23.8. The van der Waals surface area contributed by atoms with Crippen LogP contribution < -0.4 is 35.6 Å². The fraction of sp³-hybridized carbons (Fsp3) is 0.464. The Morgan fingerprint density at radius 2 is 1.87 bits per heavy atom. The van der Waals surface area contributed by atoms with Crippen molar-refractivity contribution in [2.75, 3.05) is 51.8 Å². The molecule has 0 aliphatic heterocycles. The molecule has 0 radical (unpaired) electrons. The maximum absolute atomic E-state index is 13.5. The molecule has 11 heteroatoms. The van der Waals surface area contributed by atoms with Crippen LogP contribution in [0.4, 0.5) is 5.69 Å². The lowest BCUT2D eigenvalue weighted by molar-refractivity contribution is -0.122. The van der Waals surface area contributed by atoms with Crippen molar-refractivity contribution in [3.05, 3.63) is 45.6 Å². The molecule has 0 saturated carbocycles. The predicted octanol–water partition coefficient (Wildman–Crippen LogP) is 2.51. The summed E-state index contributed by atoms with van der Waals surface area (Å²) in [6, 6.07) is 5.77. The van der Waals surface area contributed by atoms with Crippen molar-refractivity contribution < 1.29 is 28.9 Å². The van der Waals surface area contributed by atoms with Crippen molar-refractivity contribution in [2.45, 2.75) is 38.3 Å². The number of carbonyl (C=O) groups excluding carboxylic acids is 2. The Balaban J connectivity index is 2.23. The number of aliphatic hydroxyl groups is 1. The molecule has 10 nitrogen and oxygen atoms in total. The van der Waals surface area contributed by atoms with Gasteiger partial charge in [-0.15, -0.1) is 0 Å². The van der Waals surface area contributed by atoms with E-state index in [0.717, 1.165) is 11.1 Å². The molecule has 1 aliphatic carbocycles. The Labute approximate surface area is 232 Å². The lowest BCUT2D eigenvalue weighted by Gasteiger charge is -2.19. The summed E-state index contributed by atoms with van der Waals surface area (Å²) in [5, 5.41) is 17.9. The molecule has 39 heavy (non-hydrogen) atoms. The number of hydrogen-bond acceptors (Lipinski definition) is 9. The summed E-state index contributed by atoms with van der Waals surface area (Å²) in [5.74, 6) is 1.59. The van der Waals surface area contributed by atoms with E-state index in [1.807, 2.05) is 18.4 Å². The third kappa shape index (κ3) is 6.96. The molecule has 0 heterocycles. The SMILES string of the molecule is COc1cc2c(c(OC)c1OC)-c1ccc(NC(CCSC)C(=O)NCCO)c(=O)cc1C(NC(C)=O)CC2. The van der Waals surface area contributed by atoms with E-state index < -0.39 is 12.1 Å². The lowest BCUT2D eigenvalue weighted by atomic mass is 9.95. The van der Waals surface area contributed by atoms with Gasteiger partial charge in [0, 0.05) is 19.0 Å². The molecule has 0 aromatic heterocycles. The quantitative estimate of drug-likeness (QED) is 0.309. The minimum atomic E-state index is -0.670. The fourth-order valence-electron chi connectivity index (χ4n) is 4.82. The predicted molar refractivity (Wildman–Crippen MR) is 153 cm³/mol. The van der Waals surface area contributed by atoms with Crippen LogP contribution in [0.3, 0.4) is 0 Å². The summed E-state index contributed by atoms with van der Waals surface area (Å²) in [5.41, 5.74) is 2.94. The van der Waals surface area contributed by atoms with E-state index in [9.17, 15) is 14.4 Å². The fourth-order valence-corrected chi connectivity index (χ4v) is 5.29. The first kappa shape index (κ1) is 30.1. The number of anilines is 1. The number of methoxy groups -OCH3 is 3. The Morgan fingerprint density at radius 3 is 2.49 bits per heavy atom. The van der Waals surface area contributed by atoms with Crippen LogP contribution in [-0.2, 0) is 16.0 Å². The molecule has 0 fully saturated rings. The highest BCUT2D eigenvalue weighted by atomic mass is 32.2. The van der Waals surface area contributed by atoms with Gasteiger partial charge in [-0.2, -0.15) is 11.8 Å². The van der Waals surface area contributed by atoms with Crippen LogP contribution in [0, 0.1) is 0 Å². The van der Waals surface area contributed by atoms with E-state index >= 15 is 0 Å². The second-order valence-electron chi connectivity index (χ2n) is 9.09. The molecule has 212 valence electrons. The summed E-state index contributed by atoms with van der Waals surface area (Å²) in [7, 11) is 4.63. The molecule has 0 spiro atoms. The van der Waals surface area contributed by atoms with E-state index in [2.05, 4.69) is 16.0 Å². The molecule has 4 N–H and O–H groups in total. The Bertz CT molecular complexity index is 1250. The highest BCUT2D eigenvalue weighted by molar-refractivity contribution is 7.98. The van der Waals surface area contributed by atoms with E-state index in [-0.39, 0.29) is 36.1 Å². The van der Waals surface area contributed by atoms with Gasteiger partial charge in [0.25, 0.3) is 0 Å². The van der Waals surface area contributed by atoms with Crippen LogP contribution in [0.1, 0.15) is 36.9 Å². The second kappa shape index (κ2) is 14.1. The molecular weight excluding hydrogens is 522 g/mol. The number of rotatable bonds is 12. The molecule has 2 unspecified atom stereocenters. The van der Waals surface area contributed by atoms with Crippen LogP contribution in [0.25, 0.3) is 11.1 Å². The number of thioether (sulfide) groups is 1. The minimum absolute atomic E-state index is 0.123. The largest absolute Gasteiger partial charge is 0.493 e. The van der Waals surface area contributed by atoms with Gasteiger partial charge in [0.1, 0.15) is 6.04 Å². The molecular formula is C28H37N3O7S. The number of ether oxygens (including phenoxy) is 3. The van der Waals surface area contributed by atoms with Gasteiger partial charge in [-0.1, -0.05) is 6.07 Å². The summed E-state index contributed by atoms with van der Waals surface area (Å²) in [6.07, 6.45) is 3.57. The Morgan fingerprint density at radius 1 is 1.13 bits per heavy atom. The molecule has 3 rings (SSSR count). The molecule has 1 aliphatic rings. The van der Waals surface area contributed by atoms with Crippen molar-refractivity contribution in [3.8, 4) is 28.4 Å². The summed E-state index contributed by atoms with van der Waals surface area (Å²) >= 11 is 1.59. The van der Waals surface area contributed by atoms with Crippen LogP contribution in [0.5, 0.6) is 17.2 Å². The van der Waals surface area contributed by atoms with Crippen molar-refractivity contribution in [1.82, 2.24) is 10.6 Å². The number of fused-ring (bicyclic) bond motifs is 3. The third-order valence-electron chi connectivity index (χ3n) is 6.58. The first-order chi connectivity index (χ1) is 18.8. The maximum atomic E-state index is 13.5. The van der Waals surface area contributed by atoms with Gasteiger partial charge >= 0.3 is 0 Å². The van der Waals surface area contributed by atoms with Crippen molar-refractivity contribution in [2.24, 2.45) is 0 Å². The highest BCUT2D eigenvalue weighted by Gasteiger charge is 2.29. The molecule has 0 bridgehead atoms. The first-order valence-corrected chi connectivity index (χ1v) is 14.1. The van der Waals surface area contributed by atoms with E-state index in [1.54, 1.807) is 32.0 Å². The van der Waals surface area contributed by atoms with Crippen molar-refractivity contribution >= 4 is 29.3 Å². The number of nitrogens with one attached hydrogen (secondary N) is 3. The maximum Gasteiger partial charge on any atom is 0.242 e. The third-order valence-corrected chi connectivity index (χ3v) is 7.23. The van der Waals surface area contributed by atoms with E-state index in [0.29, 0.717) is 53.4 Å². The van der Waals surface area contributed by atoms with Gasteiger partial charge in [0.15, 0.2) is 11.5 Å². The van der Waals surface area contributed by atoms with Gasteiger partial charge in [0.05, 0.1) is 39.7 Å². The first-order valence-electron chi connectivity index (χ1n) is 12.7. The smallest absolute Gasteiger partial charge is 0.242 e. The van der Waals surface area contributed by atoms with Gasteiger partial charge in [-0.3, -0.25) is 14.4 Å². The number of amides is 2. The molecule has 2 aromatic carbocycles. The Kier molecular flexibility index (Phi) is 10.9. The zero-order valence-electron chi connectivity index (χ0n) is 23.0. The Hall–Kier alpha value is -3.44. The normalized spacial score (nSPS) is 14.7. The number of benzene rings is 1. The average molecular weight is 560 g/mol. The van der Waals surface area contributed by atoms with E-state index in [4.69, 9.17) is 19.3 Å². The van der Waals surface area contributed by atoms with Crippen molar-refractivity contribution in [1.29, 1.82) is 0 Å². The average Bonchev–Trinajstić information content (AvgIpc) is 3.16. The van der Waals surface area contributed by atoms with Crippen LogP contribution in [0.2, 0.25) is 0 Å². The monoisotopic (exact) mass is 559 g/mol. The van der Waals surface area contributed by atoms with Gasteiger partial charge < -0.3 is 35.3 Å². The molecule has 2 amide bonds. The van der Waals surface area contributed by atoms with Crippen LogP contribution >= 0.6 is 11.8 Å². The van der Waals surface area contributed by atoms with Gasteiger partial charge in [0.2, 0.25) is 23.0 Å². The molecule has 2 atom stereocenters. The number of carbonyl (C=O) groups is 2. The van der Waals surface area contributed by atoms with E-state index in [1.165, 1.54) is 20.1 Å². The van der Waals surface area contributed by atoms with Crippen LogP contribution in [-0.4, -0.2) is 69.5 Å². The van der Waals surface area contributed by atoms with Gasteiger partial charge in [-0.05, 0) is 66.2 Å². The lowest BCUT2D eigenvalue weighted by Crippen LogP contribution is -2.41. The van der Waals surface area contributed by atoms with Crippen LogP contribution in [0.15, 0.2) is 29.1 Å². The highest BCUT2D eigenvalue weighted by Crippen LogP contribution is 2.50. The van der Waals surface area contributed by atoms with Gasteiger partial charge in [-0.25, -0.2) is 0 Å². The standard InChI is InChI=1S/C28H37N3O7S/c1-16(33)30-20-8-6-17-14-24(36-2)26(37-3)27(38-4)25(17)18-7-9-21(23(34)15-19(18)20)31-22(10-13-39-5)28(35)29-11-12-32/h7,9,14-15,20,22,32H,6,8,10-13H2,1-5H3,(H,29,35)(H,30,33)(H,31,34). The summed E-state index contributed by atoms with van der Waals surface area (Å²) in [6.45, 7) is 1.39.